The largest absolute Gasteiger partial charge is 0.411 e. The van der Waals surface area contributed by atoms with Crippen LogP contribution in [0, 0.1) is 6.92 Å². The molecule has 0 bridgehead atoms. The van der Waals surface area contributed by atoms with Crippen molar-refractivity contribution in [2.45, 2.75) is 26.2 Å². The molecule has 1 aromatic carbocycles. The van der Waals surface area contributed by atoms with E-state index in [-0.39, 0.29) is 0 Å². The van der Waals surface area contributed by atoms with Crippen molar-refractivity contribution in [1.29, 1.82) is 0 Å². The Morgan fingerprint density at radius 2 is 1.76 bits per heavy atom. The summed E-state index contributed by atoms with van der Waals surface area (Å²) in [6.07, 6.45) is 9.04. The van der Waals surface area contributed by atoms with E-state index in [0.717, 1.165) is 24.8 Å². The quantitative estimate of drug-likeness (QED) is 0.473. The summed E-state index contributed by atoms with van der Waals surface area (Å²) in [5, 5.41) is 11.7. The first-order valence-electron chi connectivity index (χ1n) is 5.94. The van der Waals surface area contributed by atoms with E-state index in [9.17, 15) is 0 Å². The van der Waals surface area contributed by atoms with Crippen LogP contribution in [0.4, 0.5) is 0 Å². The molecule has 17 heavy (non-hydrogen) atoms. The molecule has 0 amide bonds. The zero-order valence-electron chi connectivity index (χ0n) is 10.1. The van der Waals surface area contributed by atoms with E-state index in [1.807, 2.05) is 0 Å². The maximum Gasteiger partial charge on any atom is 0.0696 e. The number of nitrogens with zero attached hydrogens (tertiary/aromatic N) is 1. The zero-order valence-corrected chi connectivity index (χ0v) is 10.1. The Hall–Kier alpha value is -1.83. The van der Waals surface area contributed by atoms with Crippen LogP contribution >= 0.6 is 0 Å². The highest BCUT2D eigenvalue weighted by molar-refractivity contribution is 5.81. The minimum Gasteiger partial charge on any atom is -0.411 e. The van der Waals surface area contributed by atoms with Crippen LogP contribution in [0.5, 0.6) is 0 Å². The van der Waals surface area contributed by atoms with Gasteiger partial charge < -0.3 is 5.21 Å². The fourth-order valence-electron chi connectivity index (χ4n) is 2.07. The standard InChI is InChI=1S/C15H17NO/c1-12-5-7-13(8-6-12)9-10-14-3-2-4-15(14)11-16-17/h5-11,17H,2-4H2,1H3/b10-9+,16-11+. The molecule has 0 unspecified atom stereocenters. The Balaban J connectivity index is 2.15. The van der Waals surface area contributed by atoms with Crippen LogP contribution in [-0.4, -0.2) is 11.4 Å². The van der Waals surface area contributed by atoms with Crippen molar-refractivity contribution in [3.63, 3.8) is 0 Å². The van der Waals surface area contributed by atoms with Crippen LogP contribution in [0.3, 0.4) is 0 Å². The minimum atomic E-state index is 1.01. The monoisotopic (exact) mass is 227 g/mol. The summed E-state index contributed by atoms with van der Waals surface area (Å²) in [7, 11) is 0. The first kappa shape index (κ1) is 11.6. The second-order valence-corrected chi connectivity index (χ2v) is 4.39. The van der Waals surface area contributed by atoms with Crippen molar-refractivity contribution in [3.05, 3.63) is 52.6 Å². The summed E-state index contributed by atoms with van der Waals surface area (Å²) in [5.74, 6) is 0. The molecule has 0 aliphatic heterocycles. The maximum atomic E-state index is 8.57. The number of oxime groups is 1. The van der Waals surface area contributed by atoms with Crippen molar-refractivity contribution < 1.29 is 5.21 Å². The van der Waals surface area contributed by atoms with Gasteiger partial charge >= 0.3 is 0 Å². The third-order valence-corrected chi connectivity index (χ3v) is 3.07. The molecule has 1 aromatic rings. The highest BCUT2D eigenvalue weighted by Crippen LogP contribution is 2.26. The lowest BCUT2D eigenvalue weighted by atomic mass is 10.1. The minimum absolute atomic E-state index is 1.01. The van der Waals surface area contributed by atoms with E-state index in [2.05, 4.69) is 48.5 Å². The average Bonchev–Trinajstić information content (AvgIpc) is 2.77. The van der Waals surface area contributed by atoms with Gasteiger partial charge in [-0.05, 0) is 42.9 Å². The first-order valence-corrected chi connectivity index (χ1v) is 5.94. The van der Waals surface area contributed by atoms with Crippen LogP contribution in [0.1, 0.15) is 30.4 Å². The Morgan fingerprint density at radius 3 is 2.47 bits per heavy atom. The van der Waals surface area contributed by atoms with Crippen LogP contribution in [-0.2, 0) is 0 Å². The Labute approximate surface area is 102 Å². The van der Waals surface area contributed by atoms with E-state index < -0.39 is 0 Å². The fraction of sp³-hybridized carbons (Fsp3) is 0.267. The van der Waals surface area contributed by atoms with E-state index in [0.29, 0.717) is 0 Å². The average molecular weight is 227 g/mol. The van der Waals surface area contributed by atoms with Gasteiger partial charge in [0.25, 0.3) is 0 Å². The maximum absolute atomic E-state index is 8.57. The van der Waals surface area contributed by atoms with Gasteiger partial charge in [-0.3, -0.25) is 0 Å². The summed E-state index contributed by atoms with van der Waals surface area (Å²) in [5.41, 5.74) is 4.91. The Kier molecular flexibility index (Phi) is 3.76. The molecule has 1 aliphatic rings. The Bertz CT molecular complexity index is 466. The number of aryl methyl sites for hydroxylation is 1. The van der Waals surface area contributed by atoms with Crippen LogP contribution in [0.2, 0.25) is 0 Å². The predicted molar refractivity (Wildman–Crippen MR) is 71.4 cm³/mol. The molecule has 0 fully saturated rings. The molecule has 1 N–H and O–H groups in total. The summed E-state index contributed by atoms with van der Waals surface area (Å²) in [6.45, 7) is 2.09. The summed E-state index contributed by atoms with van der Waals surface area (Å²) < 4.78 is 0. The van der Waals surface area contributed by atoms with Gasteiger partial charge in [-0.15, -0.1) is 0 Å². The molecule has 2 rings (SSSR count). The van der Waals surface area contributed by atoms with Crippen LogP contribution in [0.15, 0.2) is 46.6 Å². The summed E-state index contributed by atoms with van der Waals surface area (Å²) >= 11 is 0. The second-order valence-electron chi connectivity index (χ2n) is 4.39. The number of benzene rings is 1. The molecule has 0 spiro atoms. The number of hydrogen-bond acceptors (Lipinski definition) is 2. The van der Waals surface area contributed by atoms with Crippen molar-refractivity contribution in [1.82, 2.24) is 0 Å². The van der Waals surface area contributed by atoms with Gasteiger partial charge in [-0.1, -0.05) is 47.1 Å². The lowest BCUT2D eigenvalue weighted by Gasteiger charge is -1.97. The van der Waals surface area contributed by atoms with Crippen molar-refractivity contribution in [3.8, 4) is 0 Å². The van der Waals surface area contributed by atoms with Gasteiger partial charge in [0, 0.05) is 0 Å². The van der Waals surface area contributed by atoms with Gasteiger partial charge in [0.05, 0.1) is 6.21 Å². The highest BCUT2D eigenvalue weighted by Gasteiger charge is 2.10. The van der Waals surface area contributed by atoms with Crippen LogP contribution in [0.25, 0.3) is 6.08 Å². The van der Waals surface area contributed by atoms with Gasteiger partial charge in [0.2, 0.25) is 0 Å². The summed E-state index contributed by atoms with van der Waals surface area (Å²) in [6, 6.07) is 8.44. The third kappa shape index (κ3) is 3.06. The van der Waals surface area contributed by atoms with E-state index in [4.69, 9.17) is 5.21 Å². The van der Waals surface area contributed by atoms with E-state index in [1.165, 1.54) is 16.7 Å². The van der Waals surface area contributed by atoms with Crippen LogP contribution < -0.4 is 0 Å². The van der Waals surface area contributed by atoms with Gasteiger partial charge in [0.1, 0.15) is 0 Å². The molecule has 0 atom stereocenters. The van der Waals surface area contributed by atoms with Gasteiger partial charge in [-0.2, -0.15) is 0 Å². The molecule has 0 aromatic heterocycles. The molecule has 0 heterocycles. The predicted octanol–water partition coefficient (Wildman–Crippen LogP) is 3.95. The SMILES string of the molecule is Cc1ccc(/C=C/C2=C(/C=N/O)CCC2)cc1. The van der Waals surface area contributed by atoms with E-state index >= 15 is 0 Å². The smallest absolute Gasteiger partial charge is 0.0696 e. The summed E-state index contributed by atoms with van der Waals surface area (Å²) in [4.78, 5) is 0. The molecule has 0 radical (unpaired) electrons. The molecule has 0 saturated carbocycles. The molecule has 88 valence electrons. The highest BCUT2D eigenvalue weighted by atomic mass is 16.4. The van der Waals surface area contributed by atoms with Gasteiger partial charge in [-0.25, -0.2) is 0 Å². The third-order valence-electron chi connectivity index (χ3n) is 3.07. The first-order chi connectivity index (χ1) is 8.29. The molecule has 0 saturated heterocycles. The van der Waals surface area contributed by atoms with Crippen molar-refractivity contribution in [2.75, 3.05) is 0 Å². The van der Waals surface area contributed by atoms with Gasteiger partial charge in [0.15, 0.2) is 0 Å². The lowest BCUT2D eigenvalue weighted by molar-refractivity contribution is 0.321. The normalized spacial score (nSPS) is 16.5. The molecular weight excluding hydrogens is 210 g/mol. The lowest BCUT2D eigenvalue weighted by Crippen LogP contribution is -1.82. The number of hydrogen-bond donors (Lipinski definition) is 1. The molecule has 1 aliphatic carbocycles. The van der Waals surface area contributed by atoms with Crippen molar-refractivity contribution >= 4 is 12.3 Å². The molecule has 2 nitrogen and oxygen atoms in total. The van der Waals surface area contributed by atoms with Crippen molar-refractivity contribution in [2.24, 2.45) is 5.16 Å². The zero-order chi connectivity index (χ0) is 12.1. The van der Waals surface area contributed by atoms with E-state index in [1.54, 1.807) is 6.21 Å². The Morgan fingerprint density at radius 1 is 1.06 bits per heavy atom. The second kappa shape index (κ2) is 5.48. The molecule has 2 heteroatoms. The number of rotatable bonds is 3. The molecular formula is C15H17NO. The fourth-order valence-corrected chi connectivity index (χ4v) is 2.07. The number of allylic oxidation sites excluding steroid dienone is 3. The topological polar surface area (TPSA) is 32.6 Å².